The second-order valence-electron chi connectivity index (χ2n) is 5.32. The van der Waals surface area contributed by atoms with Crippen LogP contribution in [0.1, 0.15) is 6.42 Å². The highest BCUT2D eigenvalue weighted by Gasteiger charge is 2.13. The van der Waals surface area contributed by atoms with Crippen molar-refractivity contribution in [2.24, 2.45) is 5.92 Å². The molecule has 0 spiro atoms. The van der Waals surface area contributed by atoms with Crippen molar-refractivity contribution < 1.29 is 4.74 Å². The molecule has 110 valence electrons. The van der Waals surface area contributed by atoms with Crippen molar-refractivity contribution in [2.75, 3.05) is 25.0 Å². The standard InChI is InChI=1S/C17H19ClN2O/c18-14-1-5-16(6-2-14)21-17-7-3-15(4-8-17)20-12-13-9-10-19-11-13/h1-8,13,19-20H,9-12H2. The zero-order valence-electron chi connectivity index (χ0n) is 11.8. The predicted molar refractivity (Wildman–Crippen MR) is 87.4 cm³/mol. The first-order valence-electron chi connectivity index (χ1n) is 7.28. The fourth-order valence-corrected chi connectivity index (χ4v) is 2.56. The maximum Gasteiger partial charge on any atom is 0.127 e. The van der Waals surface area contributed by atoms with Gasteiger partial charge in [-0.2, -0.15) is 0 Å². The van der Waals surface area contributed by atoms with Gasteiger partial charge in [0, 0.05) is 17.3 Å². The van der Waals surface area contributed by atoms with Crippen molar-refractivity contribution in [3.63, 3.8) is 0 Å². The lowest BCUT2D eigenvalue weighted by Crippen LogP contribution is -2.17. The molecular weight excluding hydrogens is 284 g/mol. The molecule has 21 heavy (non-hydrogen) atoms. The van der Waals surface area contributed by atoms with Crippen molar-refractivity contribution in [1.29, 1.82) is 0 Å². The molecule has 1 atom stereocenters. The van der Waals surface area contributed by atoms with E-state index in [9.17, 15) is 0 Å². The van der Waals surface area contributed by atoms with Gasteiger partial charge in [-0.25, -0.2) is 0 Å². The highest BCUT2D eigenvalue weighted by molar-refractivity contribution is 6.30. The molecule has 3 rings (SSSR count). The molecule has 0 saturated carbocycles. The number of rotatable bonds is 5. The van der Waals surface area contributed by atoms with Crippen molar-refractivity contribution in [2.45, 2.75) is 6.42 Å². The summed E-state index contributed by atoms with van der Waals surface area (Å²) in [5.41, 5.74) is 1.13. The summed E-state index contributed by atoms with van der Waals surface area (Å²) in [6.45, 7) is 3.27. The van der Waals surface area contributed by atoms with E-state index in [2.05, 4.69) is 10.6 Å². The Morgan fingerprint density at radius 2 is 1.71 bits per heavy atom. The molecule has 4 heteroatoms. The molecule has 0 aromatic heterocycles. The van der Waals surface area contributed by atoms with Crippen LogP contribution in [0.2, 0.25) is 5.02 Å². The van der Waals surface area contributed by atoms with Crippen molar-refractivity contribution in [3.8, 4) is 11.5 Å². The molecule has 1 saturated heterocycles. The molecule has 0 amide bonds. The van der Waals surface area contributed by atoms with E-state index in [0.29, 0.717) is 5.02 Å². The smallest absolute Gasteiger partial charge is 0.127 e. The summed E-state index contributed by atoms with van der Waals surface area (Å²) in [7, 11) is 0. The van der Waals surface area contributed by atoms with Crippen LogP contribution < -0.4 is 15.4 Å². The van der Waals surface area contributed by atoms with Crippen LogP contribution in [0.25, 0.3) is 0 Å². The van der Waals surface area contributed by atoms with Crippen LogP contribution in [0.4, 0.5) is 5.69 Å². The molecule has 0 radical (unpaired) electrons. The Bertz CT molecular complexity index is 562. The Morgan fingerprint density at radius 3 is 2.33 bits per heavy atom. The number of hydrogen-bond donors (Lipinski definition) is 2. The molecule has 1 aliphatic heterocycles. The number of halogens is 1. The van der Waals surface area contributed by atoms with E-state index in [1.807, 2.05) is 48.5 Å². The van der Waals surface area contributed by atoms with Crippen molar-refractivity contribution in [1.82, 2.24) is 5.32 Å². The third-order valence-electron chi connectivity index (χ3n) is 3.66. The summed E-state index contributed by atoms with van der Waals surface area (Å²) in [5.74, 6) is 2.34. The van der Waals surface area contributed by atoms with Gasteiger partial charge in [0.25, 0.3) is 0 Å². The van der Waals surface area contributed by atoms with E-state index in [1.165, 1.54) is 6.42 Å². The fraction of sp³-hybridized carbons (Fsp3) is 0.294. The minimum absolute atomic E-state index is 0.711. The zero-order chi connectivity index (χ0) is 14.5. The van der Waals surface area contributed by atoms with E-state index in [4.69, 9.17) is 16.3 Å². The summed E-state index contributed by atoms with van der Waals surface area (Å²) in [4.78, 5) is 0. The van der Waals surface area contributed by atoms with Crippen molar-refractivity contribution in [3.05, 3.63) is 53.6 Å². The Kier molecular flexibility index (Phi) is 4.63. The van der Waals surface area contributed by atoms with Gasteiger partial charge in [0.05, 0.1) is 0 Å². The molecule has 0 bridgehead atoms. The largest absolute Gasteiger partial charge is 0.457 e. The van der Waals surface area contributed by atoms with Crippen LogP contribution in [0.15, 0.2) is 48.5 Å². The van der Waals surface area contributed by atoms with Gasteiger partial charge in [0.15, 0.2) is 0 Å². The minimum Gasteiger partial charge on any atom is -0.457 e. The molecule has 1 aliphatic rings. The third kappa shape index (κ3) is 4.13. The fourth-order valence-electron chi connectivity index (χ4n) is 2.43. The highest BCUT2D eigenvalue weighted by Crippen LogP contribution is 2.24. The second-order valence-corrected chi connectivity index (χ2v) is 5.76. The molecule has 0 aliphatic carbocycles. The Balaban J connectivity index is 1.54. The molecule has 2 N–H and O–H groups in total. The van der Waals surface area contributed by atoms with E-state index >= 15 is 0 Å². The molecule has 2 aromatic rings. The lowest BCUT2D eigenvalue weighted by Gasteiger charge is -2.12. The van der Waals surface area contributed by atoms with Gasteiger partial charge in [0.2, 0.25) is 0 Å². The summed E-state index contributed by atoms with van der Waals surface area (Å²) in [6, 6.07) is 15.4. The van der Waals surface area contributed by atoms with Crippen molar-refractivity contribution >= 4 is 17.3 Å². The third-order valence-corrected chi connectivity index (χ3v) is 3.91. The first kappa shape index (κ1) is 14.2. The topological polar surface area (TPSA) is 33.3 Å². The van der Waals surface area contributed by atoms with Crippen LogP contribution in [0, 0.1) is 5.92 Å². The van der Waals surface area contributed by atoms with Crippen LogP contribution in [0.3, 0.4) is 0 Å². The molecule has 2 aromatic carbocycles. The predicted octanol–water partition coefficient (Wildman–Crippen LogP) is 4.15. The van der Waals surface area contributed by atoms with Gasteiger partial charge in [-0.15, -0.1) is 0 Å². The van der Waals surface area contributed by atoms with Gasteiger partial charge in [-0.05, 0) is 74.0 Å². The van der Waals surface area contributed by atoms with E-state index in [-0.39, 0.29) is 0 Å². The number of ether oxygens (including phenoxy) is 1. The summed E-state index contributed by atoms with van der Waals surface area (Å²) >= 11 is 5.86. The molecule has 1 heterocycles. The summed E-state index contributed by atoms with van der Waals surface area (Å²) in [5, 5.41) is 7.56. The van der Waals surface area contributed by atoms with Gasteiger partial charge in [0.1, 0.15) is 11.5 Å². The Morgan fingerprint density at radius 1 is 1.05 bits per heavy atom. The second kappa shape index (κ2) is 6.83. The molecular formula is C17H19ClN2O. The Hall–Kier alpha value is -1.71. The quantitative estimate of drug-likeness (QED) is 0.870. The molecule has 1 unspecified atom stereocenters. The van der Waals surface area contributed by atoms with Gasteiger partial charge in [-0.3, -0.25) is 0 Å². The number of benzene rings is 2. The summed E-state index contributed by atoms with van der Waals surface area (Å²) in [6.07, 6.45) is 1.25. The number of anilines is 1. The SMILES string of the molecule is Clc1ccc(Oc2ccc(NCC3CCNC3)cc2)cc1. The van der Waals surface area contributed by atoms with Gasteiger partial charge < -0.3 is 15.4 Å². The molecule has 1 fully saturated rings. The van der Waals surface area contributed by atoms with E-state index < -0.39 is 0 Å². The van der Waals surface area contributed by atoms with Crippen LogP contribution in [-0.2, 0) is 0 Å². The highest BCUT2D eigenvalue weighted by atomic mass is 35.5. The summed E-state index contributed by atoms with van der Waals surface area (Å²) < 4.78 is 5.77. The maximum atomic E-state index is 5.86. The normalized spacial score (nSPS) is 17.7. The minimum atomic E-state index is 0.711. The lowest BCUT2D eigenvalue weighted by atomic mass is 10.1. The van der Waals surface area contributed by atoms with Crippen LogP contribution in [-0.4, -0.2) is 19.6 Å². The average Bonchev–Trinajstić information content (AvgIpc) is 3.02. The number of nitrogens with one attached hydrogen (secondary N) is 2. The Labute approximate surface area is 130 Å². The first-order valence-corrected chi connectivity index (χ1v) is 7.65. The van der Waals surface area contributed by atoms with Crippen LogP contribution in [0.5, 0.6) is 11.5 Å². The monoisotopic (exact) mass is 302 g/mol. The first-order chi connectivity index (χ1) is 10.3. The number of hydrogen-bond acceptors (Lipinski definition) is 3. The van der Waals surface area contributed by atoms with Gasteiger partial charge >= 0.3 is 0 Å². The maximum absolute atomic E-state index is 5.86. The average molecular weight is 303 g/mol. The van der Waals surface area contributed by atoms with Crippen LogP contribution >= 0.6 is 11.6 Å². The van der Waals surface area contributed by atoms with E-state index in [1.54, 1.807) is 0 Å². The lowest BCUT2D eigenvalue weighted by molar-refractivity contribution is 0.483. The van der Waals surface area contributed by atoms with E-state index in [0.717, 1.165) is 42.7 Å². The zero-order valence-corrected chi connectivity index (χ0v) is 12.6. The molecule has 3 nitrogen and oxygen atoms in total. The van der Waals surface area contributed by atoms with Gasteiger partial charge in [-0.1, -0.05) is 11.6 Å².